The zero-order valence-corrected chi connectivity index (χ0v) is 17.0. The molecule has 0 spiro atoms. The van der Waals surface area contributed by atoms with Crippen molar-refractivity contribution in [3.8, 4) is 0 Å². The first-order valence-electron chi connectivity index (χ1n) is 9.02. The Morgan fingerprint density at radius 3 is 2.46 bits per heavy atom. The molecule has 0 saturated heterocycles. The Hall–Kier alpha value is -2.09. The second-order valence-corrected chi connectivity index (χ2v) is 7.07. The zero-order valence-electron chi connectivity index (χ0n) is 15.5. The number of non-ortho nitro benzene ring substituents is 1. The molecule has 28 heavy (non-hydrogen) atoms. The highest BCUT2D eigenvalue weighted by Crippen LogP contribution is 2.17. The molecule has 2 rings (SSSR count). The van der Waals surface area contributed by atoms with Crippen LogP contribution in [0, 0.1) is 10.1 Å². The number of benzene rings is 1. The lowest BCUT2D eigenvalue weighted by Crippen LogP contribution is -2.37. The monoisotopic (exact) mass is 426 g/mol. The van der Waals surface area contributed by atoms with Gasteiger partial charge in [-0.15, -0.1) is 23.2 Å². The van der Waals surface area contributed by atoms with E-state index in [-0.39, 0.29) is 11.6 Å². The summed E-state index contributed by atoms with van der Waals surface area (Å²) in [5.41, 5.74) is 1.66. The highest BCUT2D eigenvalue weighted by molar-refractivity contribution is 6.18. The Balaban J connectivity index is 1.86. The number of carbonyl (C=O) groups is 1. The van der Waals surface area contributed by atoms with Gasteiger partial charge in [0, 0.05) is 74.6 Å². The summed E-state index contributed by atoms with van der Waals surface area (Å²) in [6.07, 6.45) is 6.20. The molecule has 1 amide bonds. The molecule has 0 aromatic heterocycles. The molecule has 1 N–H and O–H groups in total. The van der Waals surface area contributed by atoms with Crippen molar-refractivity contribution >= 4 is 34.8 Å². The van der Waals surface area contributed by atoms with Crippen LogP contribution in [0.15, 0.2) is 48.3 Å². The first-order chi connectivity index (χ1) is 13.5. The maximum Gasteiger partial charge on any atom is 0.269 e. The Labute approximate surface area is 174 Å². The van der Waals surface area contributed by atoms with E-state index in [2.05, 4.69) is 10.2 Å². The van der Waals surface area contributed by atoms with E-state index in [1.54, 1.807) is 12.1 Å². The third-order valence-electron chi connectivity index (χ3n) is 4.28. The number of nitro groups is 1. The van der Waals surface area contributed by atoms with Gasteiger partial charge in [0.1, 0.15) is 0 Å². The van der Waals surface area contributed by atoms with Crippen LogP contribution in [0.4, 0.5) is 5.69 Å². The largest absolute Gasteiger partial charge is 0.351 e. The van der Waals surface area contributed by atoms with Crippen LogP contribution < -0.4 is 5.32 Å². The minimum Gasteiger partial charge on any atom is -0.351 e. The maximum atomic E-state index is 12.4. The molecule has 0 unspecified atom stereocenters. The van der Waals surface area contributed by atoms with Crippen molar-refractivity contribution in [3.63, 3.8) is 0 Å². The second kappa shape index (κ2) is 11.7. The number of nitro benzene ring substituents is 1. The lowest BCUT2D eigenvalue weighted by molar-refractivity contribution is -0.384. The van der Waals surface area contributed by atoms with Gasteiger partial charge in [-0.05, 0) is 12.0 Å². The predicted octanol–water partition coefficient (Wildman–Crippen LogP) is 3.09. The summed E-state index contributed by atoms with van der Waals surface area (Å²) >= 11 is 11.5. The van der Waals surface area contributed by atoms with Crippen molar-refractivity contribution in [1.82, 2.24) is 15.1 Å². The minimum absolute atomic E-state index is 0.0610. The molecule has 1 aromatic rings. The summed E-state index contributed by atoms with van der Waals surface area (Å²) in [7, 11) is 0. The van der Waals surface area contributed by atoms with Crippen LogP contribution in [-0.2, 0) is 11.3 Å². The fourth-order valence-corrected chi connectivity index (χ4v) is 3.29. The van der Waals surface area contributed by atoms with Gasteiger partial charge in [0.2, 0.25) is 5.91 Å². The summed E-state index contributed by atoms with van der Waals surface area (Å²) in [6.45, 7) is 3.22. The van der Waals surface area contributed by atoms with Crippen molar-refractivity contribution in [1.29, 1.82) is 0 Å². The summed E-state index contributed by atoms with van der Waals surface area (Å²) in [5.74, 6) is 0.950. The van der Waals surface area contributed by atoms with Crippen LogP contribution in [0.25, 0.3) is 0 Å². The van der Waals surface area contributed by atoms with Crippen LogP contribution in [0.1, 0.15) is 12.0 Å². The molecule has 1 aromatic carbocycles. The van der Waals surface area contributed by atoms with Gasteiger partial charge < -0.3 is 10.2 Å². The molecule has 152 valence electrons. The summed E-state index contributed by atoms with van der Waals surface area (Å²) < 4.78 is 0. The van der Waals surface area contributed by atoms with E-state index in [4.69, 9.17) is 23.2 Å². The third-order valence-corrected chi connectivity index (χ3v) is 4.61. The number of allylic oxidation sites excluding steroid dienone is 1. The number of nitrogens with zero attached hydrogens (tertiary/aromatic N) is 3. The van der Waals surface area contributed by atoms with Crippen molar-refractivity contribution in [2.75, 3.05) is 37.9 Å². The predicted molar refractivity (Wildman–Crippen MR) is 111 cm³/mol. The van der Waals surface area contributed by atoms with Gasteiger partial charge in [-0.3, -0.25) is 19.8 Å². The average molecular weight is 427 g/mol. The third kappa shape index (κ3) is 7.14. The zero-order chi connectivity index (χ0) is 20.4. The van der Waals surface area contributed by atoms with E-state index in [0.717, 1.165) is 18.7 Å². The quantitative estimate of drug-likeness (QED) is 0.334. The molecule has 0 saturated carbocycles. The molecule has 1 aliphatic heterocycles. The van der Waals surface area contributed by atoms with Gasteiger partial charge in [-0.2, -0.15) is 0 Å². The number of hydrogen-bond donors (Lipinski definition) is 1. The first kappa shape index (κ1) is 22.2. The first-order valence-corrected chi connectivity index (χ1v) is 10.1. The van der Waals surface area contributed by atoms with Gasteiger partial charge in [0.25, 0.3) is 5.69 Å². The molecule has 0 fully saturated rings. The van der Waals surface area contributed by atoms with Crippen molar-refractivity contribution in [3.05, 3.63) is 64.0 Å². The summed E-state index contributed by atoms with van der Waals surface area (Å²) in [4.78, 5) is 26.7. The van der Waals surface area contributed by atoms with E-state index in [9.17, 15) is 14.9 Å². The topological polar surface area (TPSA) is 78.7 Å². The SMILES string of the molecule is O=C(NCCN(CCCl)CCCl)C1=CN(Cc2ccc([N+](=O)[O-])cc2)C=CC1. The van der Waals surface area contributed by atoms with E-state index in [1.807, 2.05) is 23.4 Å². The molecule has 0 aliphatic carbocycles. The van der Waals surface area contributed by atoms with Crippen molar-refractivity contribution in [2.24, 2.45) is 0 Å². The average Bonchev–Trinajstić information content (AvgIpc) is 2.69. The van der Waals surface area contributed by atoms with Crippen LogP contribution in [-0.4, -0.2) is 58.6 Å². The molecular weight excluding hydrogens is 403 g/mol. The lowest BCUT2D eigenvalue weighted by Gasteiger charge is -2.22. The number of halogens is 2. The van der Waals surface area contributed by atoms with E-state index in [0.29, 0.717) is 43.4 Å². The van der Waals surface area contributed by atoms with Gasteiger partial charge in [-0.25, -0.2) is 0 Å². The van der Waals surface area contributed by atoms with E-state index in [1.165, 1.54) is 12.1 Å². The molecule has 7 nitrogen and oxygen atoms in total. The van der Waals surface area contributed by atoms with Crippen molar-refractivity contribution < 1.29 is 9.72 Å². The second-order valence-electron chi connectivity index (χ2n) is 6.31. The smallest absolute Gasteiger partial charge is 0.269 e. The molecule has 0 atom stereocenters. The molecule has 0 bridgehead atoms. The number of alkyl halides is 2. The Morgan fingerprint density at radius 1 is 1.18 bits per heavy atom. The van der Waals surface area contributed by atoms with Gasteiger partial charge in [0.05, 0.1) is 4.92 Å². The van der Waals surface area contributed by atoms with Gasteiger partial charge in [-0.1, -0.05) is 18.2 Å². The number of hydrogen-bond acceptors (Lipinski definition) is 5. The summed E-state index contributed by atoms with van der Waals surface area (Å²) in [5, 5.41) is 13.7. The maximum absolute atomic E-state index is 12.4. The van der Waals surface area contributed by atoms with Crippen LogP contribution in [0.2, 0.25) is 0 Å². The fourth-order valence-electron chi connectivity index (χ4n) is 2.81. The van der Waals surface area contributed by atoms with Crippen LogP contribution in [0.3, 0.4) is 0 Å². The standard InChI is InChI=1S/C19H24Cl2N4O3/c20-7-11-23(12-8-21)13-9-22-19(26)17-2-1-10-24(15-17)14-16-3-5-18(6-4-16)25(27)28/h1,3-6,10,15H,2,7-9,11-14H2,(H,22,26). The minimum atomic E-state index is -0.422. The number of nitrogens with one attached hydrogen (secondary N) is 1. The summed E-state index contributed by atoms with van der Waals surface area (Å²) in [6, 6.07) is 6.40. The Bertz CT molecular complexity index is 716. The molecular formula is C19H24Cl2N4O3. The highest BCUT2D eigenvalue weighted by Gasteiger charge is 2.14. The number of carbonyl (C=O) groups excluding carboxylic acids is 1. The fraction of sp³-hybridized carbons (Fsp3) is 0.421. The number of rotatable bonds is 11. The van der Waals surface area contributed by atoms with Crippen molar-refractivity contribution in [2.45, 2.75) is 13.0 Å². The Morgan fingerprint density at radius 2 is 1.86 bits per heavy atom. The molecule has 1 heterocycles. The molecule has 9 heteroatoms. The lowest BCUT2D eigenvalue weighted by atomic mass is 10.1. The normalized spacial score (nSPS) is 13.5. The van der Waals surface area contributed by atoms with E-state index < -0.39 is 4.92 Å². The van der Waals surface area contributed by atoms with Gasteiger partial charge in [0.15, 0.2) is 0 Å². The Kier molecular flexibility index (Phi) is 9.27. The highest BCUT2D eigenvalue weighted by atomic mass is 35.5. The van der Waals surface area contributed by atoms with E-state index >= 15 is 0 Å². The van der Waals surface area contributed by atoms with Crippen LogP contribution in [0.5, 0.6) is 0 Å². The van der Waals surface area contributed by atoms with Crippen LogP contribution >= 0.6 is 23.2 Å². The number of amides is 1. The molecule has 1 aliphatic rings. The molecule has 0 radical (unpaired) electrons. The van der Waals surface area contributed by atoms with Gasteiger partial charge >= 0.3 is 0 Å².